The van der Waals surface area contributed by atoms with E-state index in [1.54, 1.807) is 12.1 Å². The molecule has 2 amide bonds. The number of halogens is 1. The van der Waals surface area contributed by atoms with E-state index in [-0.39, 0.29) is 29.5 Å². The first kappa shape index (κ1) is 17.9. The van der Waals surface area contributed by atoms with Gasteiger partial charge in [-0.2, -0.15) is 0 Å². The minimum atomic E-state index is -0.593. The van der Waals surface area contributed by atoms with Gasteiger partial charge in [0.1, 0.15) is 5.82 Å². The minimum absolute atomic E-state index is 0.0901. The van der Waals surface area contributed by atoms with Crippen LogP contribution in [0, 0.1) is 23.1 Å². The van der Waals surface area contributed by atoms with Crippen LogP contribution >= 0.6 is 0 Å². The maximum Gasteiger partial charge on any atom is 0.233 e. The van der Waals surface area contributed by atoms with E-state index in [9.17, 15) is 14.0 Å². The molecule has 5 rings (SSSR count). The second kappa shape index (κ2) is 6.72. The lowest BCUT2D eigenvalue weighted by Crippen LogP contribution is -2.55. The summed E-state index contributed by atoms with van der Waals surface area (Å²) in [6.45, 7) is 4.43. The van der Waals surface area contributed by atoms with Crippen LogP contribution < -0.4 is 4.90 Å². The molecule has 1 saturated carbocycles. The molecular weight excluding hydrogens is 361 g/mol. The van der Waals surface area contributed by atoms with Gasteiger partial charge in [-0.05, 0) is 25.0 Å². The first-order valence-electron chi connectivity index (χ1n) is 10.2. The predicted octanol–water partition coefficient (Wildman–Crippen LogP) is 1.36. The minimum Gasteiger partial charge on any atom is -0.380 e. The largest absolute Gasteiger partial charge is 0.380 e. The monoisotopic (exact) mass is 387 g/mol. The summed E-state index contributed by atoms with van der Waals surface area (Å²) in [6, 6.07) is 6.77. The number of fused-ring (bicyclic) bond motifs is 1. The molecule has 1 aliphatic carbocycles. The van der Waals surface area contributed by atoms with Gasteiger partial charge in [0.25, 0.3) is 0 Å². The molecule has 1 aromatic rings. The van der Waals surface area contributed by atoms with Crippen LogP contribution in [0.1, 0.15) is 12.8 Å². The lowest BCUT2D eigenvalue weighted by Gasteiger charge is -2.40. The van der Waals surface area contributed by atoms with Crippen LogP contribution in [0.25, 0.3) is 0 Å². The van der Waals surface area contributed by atoms with Crippen LogP contribution in [0.4, 0.5) is 10.1 Å². The third-order valence-corrected chi connectivity index (χ3v) is 6.80. The Hall–Kier alpha value is -2.15. The Morgan fingerprint density at radius 1 is 1.07 bits per heavy atom. The van der Waals surface area contributed by atoms with Gasteiger partial charge in [-0.3, -0.25) is 9.59 Å². The van der Waals surface area contributed by atoms with Gasteiger partial charge in [0.05, 0.1) is 24.3 Å². The molecule has 3 aliphatic heterocycles. The molecule has 6 nitrogen and oxygen atoms in total. The number of likely N-dealkylation sites (tertiary alicyclic amines) is 1. The summed E-state index contributed by atoms with van der Waals surface area (Å²) in [5.41, 5.74) is 0.00182. The van der Waals surface area contributed by atoms with Crippen molar-refractivity contribution in [2.75, 3.05) is 57.4 Å². The van der Waals surface area contributed by atoms with Gasteiger partial charge < -0.3 is 19.4 Å². The highest BCUT2D eigenvalue weighted by molar-refractivity contribution is 5.87. The van der Waals surface area contributed by atoms with Gasteiger partial charge in [-0.25, -0.2) is 4.39 Å². The number of nitrogens with zero attached hydrogens (tertiary/aromatic N) is 3. The Morgan fingerprint density at radius 3 is 2.54 bits per heavy atom. The van der Waals surface area contributed by atoms with E-state index in [0.717, 1.165) is 12.8 Å². The van der Waals surface area contributed by atoms with Crippen LogP contribution in [-0.2, 0) is 14.3 Å². The van der Waals surface area contributed by atoms with E-state index in [0.29, 0.717) is 58.2 Å². The molecule has 150 valence electrons. The van der Waals surface area contributed by atoms with Crippen molar-refractivity contribution in [3.05, 3.63) is 30.1 Å². The first-order valence-corrected chi connectivity index (χ1v) is 10.2. The molecule has 2 atom stereocenters. The van der Waals surface area contributed by atoms with Crippen LogP contribution in [0.3, 0.4) is 0 Å². The Bertz CT molecular complexity index is 791. The van der Waals surface area contributed by atoms with E-state index >= 15 is 0 Å². The average Bonchev–Trinajstić information content (AvgIpc) is 3.38. The lowest BCUT2D eigenvalue weighted by molar-refractivity contribution is -0.143. The van der Waals surface area contributed by atoms with Gasteiger partial charge in [-0.15, -0.1) is 0 Å². The number of rotatable bonds is 3. The van der Waals surface area contributed by atoms with Crippen molar-refractivity contribution in [3.63, 3.8) is 0 Å². The third kappa shape index (κ3) is 2.87. The maximum absolute atomic E-state index is 14.1. The van der Waals surface area contributed by atoms with Crippen LogP contribution in [0.5, 0.6) is 0 Å². The fraction of sp³-hybridized carbons (Fsp3) is 0.619. The quantitative estimate of drug-likeness (QED) is 0.786. The Labute approximate surface area is 164 Å². The van der Waals surface area contributed by atoms with Crippen LogP contribution in [0.2, 0.25) is 0 Å². The molecule has 0 unspecified atom stereocenters. The summed E-state index contributed by atoms with van der Waals surface area (Å²) >= 11 is 0. The fourth-order valence-corrected chi connectivity index (χ4v) is 4.97. The molecule has 0 radical (unpaired) electrons. The van der Waals surface area contributed by atoms with E-state index < -0.39 is 5.41 Å². The van der Waals surface area contributed by atoms with Gasteiger partial charge in [0.15, 0.2) is 0 Å². The third-order valence-electron chi connectivity index (χ3n) is 6.80. The van der Waals surface area contributed by atoms with E-state index in [1.807, 2.05) is 20.8 Å². The molecular formula is C21H26FN3O3. The van der Waals surface area contributed by atoms with Crippen LogP contribution in [0.15, 0.2) is 24.3 Å². The summed E-state index contributed by atoms with van der Waals surface area (Å²) in [7, 11) is 0. The zero-order valence-corrected chi connectivity index (χ0v) is 16.0. The molecule has 4 fully saturated rings. The molecule has 0 N–H and O–H groups in total. The number of para-hydroxylation sites is 1. The molecule has 4 aliphatic rings. The van der Waals surface area contributed by atoms with Crippen LogP contribution in [-0.4, -0.2) is 74.1 Å². The maximum atomic E-state index is 14.1. The number of anilines is 1. The van der Waals surface area contributed by atoms with Gasteiger partial charge in [0.2, 0.25) is 11.8 Å². The van der Waals surface area contributed by atoms with Crippen molar-refractivity contribution in [3.8, 4) is 0 Å². The molecule has 0 aromatic heterocycles. The van der Waals surface area contributed by atoms with Crippen molar-refractivity contribution in [2.24, 2.45) is 17.3 Å². The highest BCUT2D eigenvalue weighted by Gasteiger charge is 2.58. The number of carbonyl (C=O) groups excluding carboxylic acids is 2. The fourth-order valence-electron chi connectivity index (χ4n) is 4.97. The Morgan fingerprint density at radius 2 is 1.82 bits per heavy atom. The molecule has 3 heterocycles. The SMILES string of the molecule is O=C(C1CC1)N1C[C@H]2COC[C@@]2(C(=O)N2CCN(c3ccccc3F)CC2)C1. The van der Waals surface area contributed by atoms with Crippen molar-refractivity contribution in [1.82, 2.24) is 9.80 Å². The summed E-state index contributed by atoms with van der Waals surface area (Å²) < 4.78 is 19.8. The number of amides is 2. The number of piperazine rings is 1. The highest BCUT2D eigenvalue weighted by Crippen LogP contribution is 2.45. The standard InChI is InChI=1S/C21H26FN3O3/c22-17-3-1-2-4-18(17)23-7-9-24(10-8-23)20(27)21-13-25(19(26)15-5-6-15)11-16(21)12-28-14-21/h1-4,15-16H,5-14H2/t16-,21-/m0/s1. The number of hydrogen-bond donors (Lipinski definition) is 0. The topological polar surface area (TPSA) is 53.1 Å². The molecule has 3 saturated heterocycles. The van der Waals surface area contributed by atoms with Gasteiger partial charge in [0, 0.05) is 51.1 Å². The predicted molar refractivity (Wildman–Crippen MR) is 101 cm³/mol. The van der Waals surface area contributed by atoms with E-state index in [1.165, 1.54) is 6.07 Å². The first-order chi connectivity index (χ1) is 13.6. The average molecular weight is 387 g/mol. The summed E-state index contributed by atoms with van der Waals surface area (Å²) in [5.74, 6) is 0.360. The zero-order chi connectivity index (χ0) is 19.3. The molecule has 7 heteroatoms. The number of ether oxygens (including phenoxy) is 1. The van der Waals surface area contributed by atoms with E-state index in [2.05, 4.69) is 0 Å². The summed E-state index contributed by atoms with van der Waals surface area (Å²) in [6.07, 6.45) is 1.96. The Balaban J connectivity index is 1.27. The van der Waals surface area contributed by atoms with Gasteiger partial charge >= 0.3 is 0 Å². The lowest BCUT2D eigenvalue weighted by atomic mass is 9.79. The second-order valence-electron chi connectivity index (χ2n) is 8.59. The molecule has 0 spiro atoms. The molecule has 0 bridgehead atoms. The van der Waals surface area contributed by atoms with Crippen molar-refractivity contribution >= 4 is 17.5 Å². The Kier molecular flexibility index (Phi) is 4.30. The summed E-state index contributed by atoms with van der Waals surface area (Å²) in [4.78, 5) is 31.8. The van der Waals surface area contributed by atoms with E-state index in [4.69, 9.17) is 4.74 Å². The smallest absolute Gasteiger partial charge is 0.233 e. The highest BCUT2D eigenvalue weighted by atomic mass is 19.1. The molecule has 28 heavy (non-hydrogen) atoms. The van der Waals surface area contributed by atoms with Crippen molar-refractivity contribution < 1.29 is 18.7 Å². The van der Waals surface area contributed by atoms with Crippen molar-refractivity contribution in [1.29, 1.82) is 0 Å². The normalized spacial score (nSPS) is 29.9. The zero-order valence-electron chi connectivity index (χ0n) is 16.0. The van der Waals surface area contributed by atoms with Crippen molar-refractivity contribution in [2.45, 2.75) is 12.8 Å². The second-order valence-corrected chi connectivity index (χ2v) is 8.59. The summed E-state index contributed by atoms with van der Waals surface area (Å²) in [5, 5.41) is 0. The number of carbonyl (C=O) groups is 2. The molecule has 1 aromatic carbocycles. The number of hydrogen-bond acceptors (Lipinski definition) is 4. The number of benzene rings is 1. The van der Waals surface area contributed by atoms with Gasteiger partial charge in [-0.1, -0.05) is 12.1 Å².